The van der Waals surface area contributed by atoms with Gasteiger partial charge < -0.3 is 9.64 Å². The summed E-state index contributed by atoms with van der Waals surface area (Å²) in [4.78, 5) is 22.5. The minimum absolute atomic E-state index is 0.249. The highest BCUT2D eigenvalue weighted by atomic mass is 16.5. The maximum absolute atomic E-state index is 11.5. The number of nitrogens with zero attached hydrogens (tertiary/aromatic N) is 3. The molecular weight excluding hydrogens is 246 g/mol. The summed E-state index contributed by atoms with van der Waals surface area (Å²) in [5, 5.41) is 0. The molecule has 7 nitrogen and oxygen atoms in total. The molecule has 1 unspecified atom stereocenters. The number of likely N-dealkylation sites (tertiary alicyclic amines) is 1. The van der Waals surface area contributed by atoms with Gasteiger partial charge in [-0.25, -0.2) is 10.8 Å². The van der Waals surface area contributed by atoms with E-state index in [4.69, 9.17) is 10.6 Å². The molecule has 1 amide bonds. The monoisotopic (exact) mass is 265 g/mol. The van der Waals surface area contributed by atoms with Gasteiger partial charge in [0.15, 0.2) is 0 Å². The minimum Gasteiger partial charge on any atom is -0.480 e. The highest BCUT2D eigenvalue weighted by Gasteiger charge is 2.26. The number of amides is 1. The Bertz CT molecular complexity index is 465. The molecule has 1 aliphatic heterocycles. The molecule has 0 saturated carbocycles. The Hall–Kier alpha value is -1.73. The number of hydrogen-bond acceptors (Lipinski definition) is 6. The fraction of sp³-hybridized carbons (Fsp3) is 0.583. The van der Waals surface area contributed by atoms with E-state index in [1.807, 2.05) is 0 Å². The zero-order valence-corrected chi connectivity index (χ0v) is 11.2. The highest BCUT2D eigenvalue weighted by molar-refractivity contribution is 5.95. The second-order valence-electron chi connectivity index (χ2n) is 4.50. The van der Waals surface area contributed by atoms with Crippen LogP contribution in [0.1, 0.15) is 35.4 Å². The summed E-state index contributed by atoms with van der Waals surface area (Å²) in [5.74, 6) is 5.94. The van der Waals surface area contributed by atoms with Gasteiger partial charge in [0, 0.05) is 18.7 Å². The maximum atomic E-state index is 11.5. The number of carbonyl (C=O) groups excluding carboxylic acids is 1. The number of nitrogen functional groups attached to an aromatic ring is 1. The number of carbonyl (C=O) groups is 1. The van der Waals surface area contributed by atoms with Gasteiger partial charge >= 0.3 is 0 Å². The maximum Gasteiger partial charge on any atom is 0.272 e. The highest BCUT2D eigenvalue weighted by Crippen LogP contribution is 2.26. The van der Waals surface area contributed by atoms with E-state index in [1.54, 1.807) is 0 Å². The molecule has 1 fully saturated rings. The third-order valence-electron chi connectivity index (χ3n) is 3.43. The van der Waals surface area contributed by atoms with Crippen molar-refractivity contribution in [1.29, 1.82) is 0 Å². The van der Waals surface area contributed by atoms with E-state index >= 15 is 0 Å². The third-order valence-corrected chi connectivity index (χ3v) is 3.43. The number of hydrogen-bond donors (Lipinski definition) is 2. The third kappa shape index (κ3) is 2.82. The van der Waals surface area contributed by atoms with Gasteiger partial charge in [-0.15, -0.1) is 0 Å². The van der Waals surface area contributed by atoms with Gasteiger partial charge in [0.1, 0.15) is 11.4 Å². The topological polar surface area (TPSA) is 93.4 Å². The molecule has 1 atom stereocenters. The molecule has 1 aromatic heterocycles. The molecule has 2 heterocycles. The van der Waals surface area contributed by atoms with Crippen molar-refractivity contribution >= 4 is 5.91 Å². The Kier molecular flexibility index (Phi) is 4.28. The molecule has 0 aliphatic carbocycles. The van der Waals surface area contributed by atoms with Crippen molar-refractivity contribution in [1.82, 2.24) is 20.3 Å². The summed E-state index contributed by atoms with van der Waals surface area (Å²) in [5.41, 5.74) is 2.30. The van der Waals surface area contributed by atoms with Crippen molar-refractivity contribution in [2.45, 2.75) is 19.3 Å². The van der Waals surface area contributed by atoms with E-state index in [0.29, 0.717) is 5.92 Å². The normalized spacial score (nSPS) is 19.4. The van der Waals surface area contributed by atoms with Crippen LogP contribution in [-0.2, 0) is 0 Å². The molecule has 0 radical (unpaired) electrons. The Morgan fingerprint density at radius 2 is 2.47 bits per heavy atom. The number of nitrogens with one attached hydrogen (secondary N) is 1. The molecule has 1 saturated heterocycles. The molecule has 2 rings (SSSR count). The molecule has 0 aromatic carbocycles. The zero-order valence-electron chi connectivity index (χ0n) is 11.2. The van der Waals surface area contributed by atoms with E-state index in [-0.39, 0.29) is 11.4 Å². The van der Waals surface area contributed by atoms with Crippen molar-refractivity contribution in [3.63, 3.8) is 0 Å². The summed E-state index contributed by atoms with van der Waals surface area (Å²) in [7, 11) is 1.48. The smallest absolute Gasteiger partial charge is 0.272 e. The summed E-state index contributed by atoms with van der Waals surface area (Å²) in [6.45, 7) is 5.17. The van der Waals surface area contributed by atoms with Gasteiger partial charge in [0.25, 0.3) is 5.91 Å². The summed E-state index contributed by atoms with van der Waals surface area (Å²) in [6.07, 6.45) is 2.50. The number of hydrazine groups is 1. The van der Waals surface area contributed by atoms with Crippen molar-refractivity contribution in [3.8, 4) is 5.88 Å². The minimum atomic E-state index is -0.454. The first-order valence-corrected chi connectivity index (χ1v) is 6.33. The molecule has 104 valence electrons. The lowest BCUT2D eigenvalue weighted by atomic mass is 10.1. The standard InChI is InChI=1S/C12H19N5O2/c1-3-17-5-4-8(7-17)10-14-6-9(11(18)16-13)12(15-10)19-2/h6,8H,3-5,7,13H2,1-2H3,(H,16,18). The number of rotatable bonds is 4. The number of methoxy groups -OCH3 is 1. The van der Waals surface area contributed by atoms with Crippen LogP contribution in [0.3, 0.4) is 0 Å². The van der Waals surface area contributed by atoms with Crippen LogP contribution in [0, 0.1) is 0 Å². The average Bonchev–Trinajstić information content (AvgIpc) is 2.94. The van der Waals surface area contributed by atoms with Crippen molar-refractivity contribution in [2.24, 2.45) is 5.84 Å². The van der Waals surface area contributed by atoms with Crippen LogP contribution in [-0.4, -0.2) is 47.5 Å². The van der Waals surface area contributed by atoms with E-state index in [2.05, 4.69) is 27.2 Å². The second kappa shape index (κ2) is 5.94. The molecule has 3 N–H and O–H groups in total. The average molecular weight is 265 g/mol. The molecule has 1 aliphatic rings. The first-order valence-electron chi connectivity index (χ1n) is 6.33. The molecule has 0 bridgehead atoms. The van der Waals surface area contributed by atoms with Gasteiger partial charge in [0.2, 0.25) is 5.88 Å². The SMILES string of the molecule is CCN1CCC(c2ncc(C(=O)NN)c(OC)n2)C1. The van der Waals surface area contributed by atoms with E-state index in [0.717, 1.165) is 31.9 Å². The summed E-state index contributed by atoms with van der Waals surface area (Å²) >= 11 is 0. The van der Waals surface area contributed by atoms with Crippen LogP contribution < -0.4 is 16.0 Å². The lowest BCUT2D eigenvalue weighted by Gasteiger charge is -2.13. The van der Waals surface area contributed by atoms with Gasteiger partial charge in [-0.2, -0.15) is 4.98 Å². The van der Waals surface area contributed by atoms with E-state index < -0.39 is 5.91 Å². The van der Waals surface area contributed by atoms with Crippen LogP contribution in [0.15, 0.2) is 6.20 Å². The Morgan fingerprint density at radius 3 is 3.05 bits per heavy atom. The fourth-order valence-electron chi connectivity index (χ4n) is 2.30. The van der Waals surface area contributed by atoms with Crippen LogP contribution in [0.2, 0.25) is 0 Å². The van der Waals surface area contributed by atoms with Crippen LogP contribution in [0.5, 0.6) is 5.88 Å². The van der Waals surface area contributed by atoms with Crippen LogP contribution in [0.25, 0.3) is 0 Å². The van der Waals surface area contributed by atoms with Crippen LogP contribution in [0.4, 0.5) is 0 Å². The van der Waals surface area contributed by atoms with Gasteiger partial charge in [-0.05, 0) is 19.5 Å². The van der Waals surface area contributed by atoms with Gasteiger partial charge in [-0.3, -0.25) is 10.2 Å². The first-order chi connectivity index (χ1) is 9.19. The summed E-state index contributed by atoms with van der Waals surface area (Å²) < 4.78 is 5.14. The quantitative estimate of drug-likeness (QED) is 0.448. The summed E-state index contributed by atoms with van der Waals surface area (Å²) in [6, 6.07) is 0. The Balaban J connectivity index is 2.22. The molecule has 1 aromatic rings. The number of ether oxygens (including phenoxy) is 1. The van der Waals surface area contributed by atoms with Gasteiger partial charge in [0.05, 0.1) is 7.11 Å². The lowest BCUT2D eigenvalue weighted by Crippen LogP contribution is -2.30. The molecule has 19 heavy (non-hydrogen) atoms. The van der Waals surface area contributed by atoms with Crippen molar-refractivity contribution in [2.75, 3.05) is 26.7 Å². The lowest BCUT2D eigenvalue weighted by molar-refractivity contribution is 0.0949. The van der Waals surface area contributed by atoms with E-state index in [9.17, 15) is 4.79 Å². The van der Waals surface area contributed by atoms with Crippen molar-refractivity contribution < 1.29 is 9.53 Å². The molecular formula is C12H19N5O2. The Labute approximate surface area is 112 Å². The van der Waals surface area contributed by atoms with Gasteiger partial charge in [-0.1, -0.05) is 6.92 Å². The Morgan fingerprint density at radius 1 is 1.68 bits per heavy atom. The number of aromatic nitrogens is 2. The predicted molar refractivity (Wildman–Crippen MR) is 69.7 cm³/mol. The predicted octanol–water partition coefficient (Wildman–Crippen LogP) is -0.102. The van der Waals surface area contributed by atoms with E-state index in [1.165, 1.54) is 13.3 Å². The molecule has 7 heteroatoms. The fourth-order valence-corrected chi connectivity index (χ4v) is 2.30. The zero-order chi connectivity index (χ0) is 13.8. The number of nitrogens with two attached hydrogens (primary N) is 1. The first kappa shape index (κ1) is 13.7. The molecule has 0 spiro atoms. The van der Waals surface area contributed by atoms with Crippen molar-refractivity contribution in [3.05, 3.63) is 17.6 Å². The number of likely N-dealkylation sites (N-methyl/N-ethyl adjacent to an activating group) is 1. The largest absolute Gasteiger partial charge is 0.480 e. The van der Waals surface area contributed by atoms with Crippen LogP contribution >= 0.6 is 0 Å². The second-order valence-corrected chi connectivity index (χ2v) is 4.50.